The van der Waals surface area contributed by atoms with E-state index in [-0.39, 0.29) is 0 Å². The van der Waals surface area contributed by atoms with Gasteiger partial charge in [-0.25, -0.2) is 0 Å². The third-order valence-electron chi connectivity index (χ3n) is 4.79. The van der Waals surface area contributed by atoms with E-state index in [2.05, 4.69) is 60.7 Å². The maximum Gasteiger partial charge on any atom is -0.000822 e. The second-order valence-corrected chi connectivity index (χ2v) is 6.03. The number of benzene rings is 2. The van der Waals surface area contributed by atoms with E-state index in [1.54, 1.807) is 22.3 Å². The summed E-state index contributed by atoms with van der Waals surface area (Å²) in [5.41, 5.74) is 9.27. The molecule has 4 rings (SSSR count). The van der Waals surface area contributed by atoms with Gasteiger partial charge in [-0.2, -0.15) is 0 Å². The van der Waals surface area contributed by atoms with Crippen LogP contribution in [0.2, 0.25) is 0 Å². The molecule has 21 heavy (non-hydrogen) atoms. The standard InChI is InChI=1S/C21H20/c1-3-9-16(10-4-1)20-15-21(17-11-5-2-6-12-17)19-14-8-7-13-18(19)20/h1-6,9-12H,7-8,13-15H2. The normalized spacial score (nSPS) is 18.1. The molecule has 0 bridgehead atoms. The SMILES string of the molecule is c1ccc(C2=C3CCCCC3=C(c3ccccc3)C2)cc1. The summed E-state index contributed by atoms with van der Waals surface area (Å²) in [6.45, 7) is 0. The molecule has 0 amide bonds. The van der Waals surface area contributed by atoms with Crippen molar-refractivity contribution in [3.05, 3.63) is 82.9 Å². The molecule has 0 spiro atoms. The summed E-state index contributed by atoms with van der Waals surface area (Å²) in [4.78, 5) is 0. The minimum absolute atomic E-state index is 1.11. The van der Waals surface area contributed by atoms with Crippen molar-refractivity contribution in [2.24, 2.45) is 0 Å². The summed E-state index contributed by atoms with van der Waals surface area (Å²) in [6, 6.07) is 21.9. The van der Waals surface area contributed by atoms with Crippen LogP contribution in [0.1, 0.15) is 43.2 Å². The molecule has 2 aromatic carbocycles. The Hall–Kier alpha value is -2.08. The first-order chi connectivity index (χ1) is 10.4. The first-order valence-electron chi connectivity index (χ1n) is 7.99. The van der Waals surface area contributed by atoms with Gasteiger partial charge in [0.25, 0.3) is 0 Å². The van der Waals surface area contributed by atoms with Gasteiger partial charge in [0, 0.05) is 0 Å². The predicted octanol–water partition coefficient (Wildman–Crippen LogP) is 5.87. The van der Waals surface area contributed by atoms with Crippen LogP contribution in [0.25, 0.3) is 11.1 Å². The molecule has 0 aliphatic heterocycles. The van der Waals surface area contributed by atoms with Gasteiger partial charge >= 0.3 is 0 Å². The van der Waals surface area contributed by atoms with Gasteiger partial charge in [0.1, 0.15) is 0 Å². The highest BCUT2D eigenvalue weighted by Crippen LogP contribution is 2.48. The van der Waals surface area contributed by atoms with Crippen LogP contribution in [-0.2, 0) is 0 Å². The largest absolute Gasteiger partial charge is 0.0622 e. The van der Waals surface area contributed by atoms with Gasteiger partial charge < -0.3 is 0 Å². The Kier molecular flexibility index (Phi) is 3.23. The quantitative estimate of drug-likeness (QED) is 0.641. The average molecular weight is 272 g/mol. The summed E-state index contributed by atoms with van der Waals surface area (Å²) in [5, 5.41) is 0. The van der Waals surface area contributed by atoms with E-state index >= 15 is 0 Å². The van der Waals surface area contributed by atoms with Gasteiger partial charge in [-0.05, 0) is 65.5 Å². The second kappa shape index (κ2) is 5.37. The molecule has 0 heterocycles. The highest BCUT2D eigenvalue weighted by molar-refractivity contribution is 5.92. The lowest BCUT2D eigenvalue weighted by molar-refractivity contribution is 0.685. The van der Waals surface area contributed by atoms with E-state index in [4.69, 9.17) is 0 Å². The van der Waals surface area contributed by atoms with E-state index in [0.29, 0.717) is 0 Å². The molecule has 0 saturated heterocycles. The molecule has 2 aromatic rings. The fourth-order valence-electron chi connectivity index (χ4n) is 3.79. The Morgan fingerprint density at radius 3 is 1.33 bits per heavy atom. The number of rotatable bonds is 2. The van der Waals surface area contributed by atoms with E-state index in [0.717, 1.165) is 6.42 Å². The molecule has 1 saturated carbocycles. The maximum atomic E-state index is 2.27. The predicted molar refractivity (Wildman–Crippen MR) is 89.8 cm³/mol. The van der Waals surface area contributed by atoms with Gasteiger partial charge in [0.15, 0.2) is 0 Å². The summed E-state index contributed by atoms with van der Waals surface area (Å²) in [6.07, 6.45) is 6.32. The molecular weight excluding hydrogens is 252 g/mol. The molecule has 0 atom stereocenters. The number of hydrogen-bond acceptors (Lipinski definition) is 0. The summed E-state index contributed by atoms with van der Waals surface area (Å²) in [5.74, 6) is 0. The fourth-order valence-corrected chi connectivity index (χ4v) is 3.79. The van der Waals surface area contributed by atoms with Crippen molar-refractivity contribution >= 4 is 11.1 Å². The van der Waals surface area contributed by atoms with Gasteiger partial charge in [-0.1, -0.05) is 60.7 Å². The summed E-state index contributed by atoms with van der Waals surface area (Å²) >= 11 is 0. The van der Waals surface area contributed by atoms with Crippen molar-refractivity contribution in [1.29, 1.82) is 0 Å². The Morgan fingerprint density at radius 2 is 0.905 bits per heavy atom. The van der Waals surface area contributed by atoms with Crippen LogP contribution in [0.4, 0.5) is 0 Å². The van der Waals surface area contributed by atoms with Crippen molar-refractivity contribution in [3.8, 4) is 0 Å². The number of fused-ring (bicyclic) bond motifs is 1. The molecule has 104 valence electrons. The smallest absolute Gasteiger partial charge is 0.000822 e. The molecule has 0 N–H and O–H groups in total. The zero-order valence-electron chi connectivity index (χ0n) is 12.3. The minimum Gasteiger partial charge on any atom is -0.0622 e. The lowest BCUT2D eigenvalue weighted by atomic mass is 9.87. The molecule has 2 aliphatic rings. The molecule has 0 nitrogen and oxygen atoms in total. The Balaban J connectivity index is 1.80. The summed E-state index contributed by atoms with van der Waals surface area (Å²) < 4.78 is 0. The van der Waals surface area contributed by atoms with Crippen molar-refractivity contribution in [1.82, 2.24) is 0 Å². The van der Waals surface area contributed by atoms with Crippen LogP contribution in [0.5, 0.6) is 0 Å². The highest BCUT2D eigenvalue weighted by Gasteiger charge is 2.27. The summed E-state index contributed by atoms with van der Waals surface area (Å²) in [7, 11) is 0. The lowest BCUT2D eigenvalue weighted by Crippen LogP contribution is -1.98. The van der Waals surface area contributed by atoms with Crippen molar-refractivity contribution in [3.63, 3.8) is 0 Å². The highest BCUT2D eigenvalue weighted by atomic mass is 14.3. The monoisotopic (exact) mass is 272 g/mol. The topological polar surface area (TPSA) is 0 Å². The Labute approximate surface area is 126 Å². The van der Waals surface area contributed by atoms with E-state index in [9.17, 15) is 0 Å². The van der Waals surface area contributed by atoms with Crippen LogP contribution < -0.4 is 0 Å². The van der Waals surface area contributed by atoms with Crippen LogP contribution in [0.15, 0.2) is 71.8 Å². The van der Waals surface area contributed by atoms with Gasteiger partial charge in [0.05, 0.1) is 0 Å². The fraction of sp³-hybridized carbons (Fsp3) is 0.238. The molecule has 0 heteroatoms. The lowest BCUT2D eigenvalue weighted by Gasteiger charge is -2.18. The van der Waals surface area contributed by atoms with Gasteiger partial charge in [-0.15, -0.1) is 0 Å². The number of hydrogen-bond donors (Lipinski definition) is 0. The molecule has 2 aliphatic carbocycles. The van der Waals surface area contributed by atoms with Gasteiger partial charge in [0.2, 0.25) is 0 Å². The third-order valence-corrected chi connectivity index (χ3v) is 4.79. The Bertz CT molecular complexity index is 639. The van der Waals surface area contributed by atoms with Crippen LogP contribution in [0.3, 0.4) is 0 Å². The Morgan fingerprint density at radius 1 is 0.476 bits per heavy atom. The zero-order chi connectivity index (χ0) is 14.1. The van der Waals surface area contributed by atoms with E-state index in [1.807, 2.05) is 0 Å². The third kappa shape index (κ3) is 2.25. The minimum atomic E-state index is 1.11. The van der Waals surface area contributed by atoms with Crippen molar-refractivity contribution in [2.75, 3.05) is 0 Å². The maximum absolute atomic E-state index is 2.27. The van der Waals surface area contributed by atoms with Gasteiger partial charge in [-0.3, -0.25) is 0 Å². The van der Waals surface area contributed by atoms with Crippen LogP contribution >= 0.6 is 0 Å². The molecule has 1 fully saturated rings. The molecule has 0 radical (unpaired) electrons. The molecule has 0 unspecified atom stereocenters. The second-order valence-electron chi connectivity index (χ2n) is 6.03. The van der Waals surface area contributed by atoms with E-state index in [1.165, 1.54) is 36.8 Å². The number of allylic oxidation sites excluding steroid dienone is 4. The molecular formula is C21H20. The van der Waals surface area contributed by atoms with Crippen LogP contribution in [-0.4, -0.2) is 0 Å². The average Bonchev–Trinajstić information content (AvgIpc) is 2.96. The van der Waals surface area contributed by atoms with E-state index < -0.39 is 0 Å². The van der Waals surface area contributed by atoms with Crippen molar-refractivity contribution < 1.29 is 0 Å². The molecule has 0 aromatic heterocycles. The first kappa shape index (κ1) is 12.6. The first-order valence-corrected chi connectivity index (χ1v) is 7.99. The van der Waals surface area contributed by atoms with Crippen LogP contribution in [0, 0.1) is 0 Å². The van der Waals surface area contributed by atoms with Crippen molar-refractivity contribution in [2.45, 2.75) is 32.1 Å². The zero-order valence-corrected chi connectivity index (χ0v) is 12.3.